The molecule has 0 unspecified atom stereocenters. The number of nitrogens with one attached hydrogen (secondary N) is 1. The summed E-state index contributed by atoms with van der Waals surface area (Å²) in [4.78, 5) is 28.8. The van der Waals surface area contributed by atoms with Gasteiger partial charge in [-0.3, -0.25) is 13.9 Å². The summed E-state index contributed by atoms with van der Waals surface area (Å²) in [6.45, 7) is 2.16. The maximum Gasteiger partial charge on any atom is 0.244 e. The van der Waals surface area contributed by atoms with Crippen molar-refractivity contribution in [2.45, 2.75) is 32.4 Å². The Balaban J connectivity index is 2.02. The summed E-state index contributed by atoms with van der Waals surface area (Å²) in [5, 5.41) is 2.93. The zero-order valence-corrected chi connectivity index (χ0v) is 23.4. The Labute approximate surface area is 227 Å². The normalized spacial score (nSPS) is 12.0. The van der Waals surface area contributed by atoms with Crippen LogP contribution < -0.4 is 9.62 Å². The largest absolute Gasteiger partial charge is 0.354 e. The number of rotatable bonds is 12. The van der Waals surface area contributed by atoms with E-state index in [9.17, 15) is 18.0 Å². The Hall–Kier alpha value is -3.17. The highest BCUT2D eigenvalue weighted by Crippen LogP contribution is 2.23. The van der Waals surface area contributed by atoms with Crippen LogP contribution in [0.3, 0.4) is 0 Å². The third-order valence-electron chi connectivity index (χ3n) is 5.79. The quantitative estimate of drug-likeness (QED) is 0.342. The Morgan fingerprint density at radius 2 is 1.54 bits per heavy atom. The SMILES string of the molecule is CCCNC(=O)[C@H](Cc1ccccc1)N(Cc1ccccc1)C(=O)CN(c1cccc(Br)c1)S(C)(=O)=O. The van der Waals surface area contributed by atoms with Crippen LogP contribution in [0, 0.1) is 0 Å². The highest BCUT2D eigenvalue weighted by molar-refractivity contribution is 9.10. The lowest BCUT2D eigenvalue weighted by molar-refractivity contribution is -0.140. The van der Waals surface area contributed by atoms with E-state index in [-0.39, 0.29) is 12.5 Å². The van der Waals surface area contributed by atoms with Crippen LogP contribution in [-0.2, 0) is 32.6 Å². The average molecular weight is 587 g/mol. The van der Waals surface area contributed by atoms with Gasteiger partial charge in [-0.25, -0.2) is 8.42 Å². The number of hydrogen-bond acceptors (Lipinski definition) is 4. The molecular weight excluding hydrogens is 554 g/mol. The Morgan fingerprint density at radius 3 is 2.11 bits per heavy atom. The van der Waals surface area contributed by atoms with Gasteiger partial charge in [0.1, 0.15) is 12.6 Å². The maximum atomic E-state index is 13.9. The van der Waals surface area contributed by atoms with E-state index in [1.54, 1.807) is 24.3 Å². The monoisotopic (exact) mass is 585 g/mol. The number of carbonyl (C=O) groups excluding carboxylic acids is 2. The molecule has 0 bridgehead atoms. The van der Waals surface area contributed by atoms with Crippen LogP contribution >= 0.6 is 15.9 Å². The predicted molar refractivity (Wildman–Crippen MR) is 151 cm³/mol. The molecule has 0 aliphatic carbocycles. The van der Waals surface area contributed by atoms with Crippen molar-refractivity contribution in [3.63, 3.8) is 0 Å². The zero-order valence-electron chi connectivity index (χ0n) is 21.0. The van der Waals surface area contributed by atoms with Gasteiger partial charge >= 0.3 is 0 Å². The lowest BCUT2D eigenvalue weighted by Gasteiger charge is -2.33. The van der Waals surface area contributed by atoms with Crippen molar-refractivity contribution in [2.24, 2.45) is 0 Å². The van der Waals surface area contributed by atoms with Gasteiger partial charge in [0.2, 0.25) is 21.8 Å². The molecule has 0 spiro atoms. The van der Waals surface area contributed by atoms with Crippen molar-refractivity contribution in [3.05, 3.63) is 101 Å². The van der Waals surface area contributed by atoms with E-state index in [4.69, 9.17) is 0 Å². The van der Waals surface area contributed by atoms with Gasteiger partial charge in [0, 0.05) is 24.0 Å². The predicted octanol–water partition coefficient (Wildman–Crippen LogP) is 4.38. The van der Waals surface area contributed by atoms with Gasteiger partial charge in [-0.1, -0.05) is 89.6 Å². The topological polar surface area (TPSA) is 86.8 Å². The average Bonchev–Trinajstić information content (AvgIpc) is 2.88. The number of anilines is 1. The minimum absolute atomic E-state index is 0.160. The summed E-state index contributed by atoms with van der Waals surface area (Å²) < 4.78 is 27.3. The first-order valence-electron chi connectivity index (χ1n) is 12.1. The molecule has 3 aromatic rings. The molecular formula is C28H32BrN3O4S. The first kappa shape index (κ1) is 28.4. The molecule has 196 valence electrons. The number of nitrogens with zero attached hydrogens (tertiary/aromatic N) is 2. The van der Waals surface area contributed by atoms with E-state index in [0.717, 1.165) is 28.1 Å². The van der Waals surface area contributed by atoms with Crippen molar-refractivity contribution < 1.29 is 18.0 Å². The number of hydrogen-bond donors (Lipinski definition) is 1. The summed E-state index contributed by atoms with van der Waals surface area (Å²) in [7, 11) is -3.79. The summed E-state index contributed by atoms with van der Waals surface area (Å²) in [5.74, 6) is -0.745. The van der Waals surface area contributed by atoms with E-state index in [1.165, 1.54) is 4.90 Å². The van der Waals surface area contributed by atoms with Crippen LogP contribution in [0.4, 0.5) is 5.69 Å². The Morgan fingerprint density at radius 1 is 0.919 bits per heavy atom. The highest BCUT2D eigenvalue weighted by Gasteiger charge is 2.32. The number of benzene rings is 3. The van der Waals surface area contributed by atoms with Crippen LogP contribution in [-0.4, -0.2) is 50.5 Å². The molecule has 0 aliphatic rings. The number of halogens is 1. The molecule has 7 nitrogen and oxygen atoms in total. The number of amides is 2. The first-order chi connectivity index (χ1) is 17.7. The second-order valence-corrected chi connectivity index (χ2v) is 11.6. The van der Waals surface area contributed by atoms with E-state index in [1.807, 2.05) is 67.6 Å². The highest BCUT2D eigenvalue weighted by atomic mass is 79.9. The number of carbonyl (C=O) groups is 2. The van der Waals surface area contributed by atoms with Crippen molar-refractivity contribution >= 4 is 43.5 Å². The fraction of sp³-hybridized carbons (Fsp3) is 0.286. The maximum absolute atomic E-state index is 13.9. The van der Waals surface area contributed by atoms with Crippen molar-refractivity contribution in [3.8, 4) is 0 Å². The van der Waals surface area contributed by atoms with E-state index in [0.29, 0.717) is 23.1 Å². The van der Waals surface area contributed by atoms with Gasteiger partial charge in [-0.15, -0.1) is 0 Å². The van der Waals surface area contributed by atoms with E-state index in [2.05, 4.69) is 21.2 Å². The molecule has 3 rings (SSSR count). The van der Waals surface area contributed by atoms with Crippen molar-refractivity contribution in [2.75, 3.05) is 23.7 Å². The third kappa shape index (κ3) is 8.43. The van der Waals surface area contributed by atoms with E-state index < -0.39 is 28.5 Å². The van der Waals surface area contributed by atoms with Gasteiger partial charge in [-0.05, 0) is 35.7 Å². The first-order valence-corrected chi connectivity index (χ1v) is 14.7. The molecule has 37 heavy (non-hydrogen) atoms. The van der Waals surface area contributed by atoms with E-state index >= 15 is 0 Å². The molecule has 1 atom stereocenters. The molecule has 0 heterocycles. The van der Waals surface area contributed by atoms with Crippen molar-refractivity contribution in [1.29, 1.82) is 0 Å². The molecule has 0 radical (unpaired) electrons. The lowest BCUT2D eigenvalue weighted by atomic mass is 10.0. The molecule has 9 heteroatoms. The zero-order chi connectivity index (χ0) is 26.8. The Bertz CT molecular complexity index is 1290. The van der Waals surface area contributed by atoms with Gasteiger partial charge in [0.05, 0.1) is 11.9 Å². The summed E-state index contributed by atoms with van der Waals surface area (Å²) in [6, 6.07) is 24.8. The summed E-state index contributed by atoms with van der Waals surface area (Å²) in [6.07, 6.45) is 2.12. The minimum Gasteiger partial charge on any atom is -0.354 e. The van der Waals surface area contributed by atoms with Crippen LogP contribution in [0.15, 0.2) is 89.4 Å². The van der Waals surface area contributed by atoms with Crippen LogP contribution in [0.2, 0.25) is 0 Å². The van der Waals surface area contributed by atoms with Crippen LogP contribution in [0.25, 0.3) is 0 Å². The molecule has 0 aliphatic heterocycles. The Kier molecular flexibility index (Phi) is 10.3. The smallest absolute Gasteiger partial charge is 0.244 e. The van der Waals surface area contributed by atoms with Crippen LogP contribution in [0.1, 0.15) is 24.5 Å². The molecule has 0 fully saturated rings. The molecule has 0 saturated carbocycles. The fourth-order valence-electron chi connectivity index (χ4n) is 3.95. The lowest BCUT2D eigenvalue weighted by Crippen LogP contribution is -2.53. The molecule has 0 aromatic heterocycles. The molecule has 2 amide bonds. The fourth-order valence-corrected chi connectivity index (χ4v) is 5.17. The van der Waals surface area contributed by atoms with Crippen molar-refractivity contribution in [1.82, 2.24) is 10.2 Å². The van der Waals surface area contributed by atoms with Gasteiger partial charge in [-0.2, -0.15) is 0 Å². The summed E-state index contributed by atoms with van der Waals surface area (Å²) in [5.41, 5.74) is 2.10. The molecule has 1 N–H and O–H groups in total. The number of sulfonamides is 1. The second-order valence-electron chi connectivity index (χ2n) is 8.75. The third-order valence-corrected chi connectivity index (χ3v) is 7.43. The second kappa shape index (κ2) is 13.4. The minimum atomic E-state index is -3.79. The molecule has 3 aromatic carbocycles. The molecule has 0 saturated heterocycles. The van der Waals surface area contributed by atoms with Gasteiger partial charge in [0.25, 0.3) is 0 Å². The van der Waals surface area contributed by atoms with Gasteiger partial charge in [0.15, 0.2) is 0 Å². The van der Waals surface area contributed by atoms with Gasteiger partial charge < -0.3 is 10.2 Å². The standard InChI is InChI=1S/C28H32BrN3O4S/c1-3-17-30-28(34)26(18-22-11-6-4-7-12-22)31(20-23-13-8-5-9-14-23)27(33)21-32(37(2,35)36)25-16-10-15-24(29)19-25/h4-16,19,26H,3,17-18,20-21H2,1-2H3,(H,30,34)/t26-/m0/s1. The van der Waals surface area contributed by atoms with Crippen LogP contribution in [0.5, 0.6) is 0 Å². The summed E-state index contributed by atoms with van der Waals surface area (Å²) >= 11 is 3.37.